The molecule has 1 N–H and O–H groups in total. The van der Waals surface area contributed by atoms with Crippen LogP contribution in [0.2, 0.25) is 0 Å². The van der Waals surface area contributed by atoms with E-state index in [4.69, 9.17) is 4.74 Å². The molecule has 148 valence electrons. The van der Waals surface area contributed by atoms with E-state index in [1.165, 1.54) is 18.5 Å². The summed E-state index contributed by atoms with van der Waals surface area (Å²) >= 11 is 0. The van der Waals surface area contributed by atoms with Gasteiger partial charge in [-0.05, 0) is 26.2 Å². The molecule has 0 saturated carbocycles. The molecule has 2 heterocycles. The third kappa shape index (κ3) is 4.15. The van der Waals surface area contributed by atoms with Crippen LogP contribution in [0.1, 0.15) is 5.56 Å². The predicted octanol–water partition coefficient (Wildman–Crippen LogP) is 3.32. The van der Waals surface area contributed by atoms with Crippen molar-refractivity contribution in [1.29, 1.82) is 0 Å². The molecule has 29 heavy (non-hydrogen) atoms. The molecule has 0 amide bonds. The second-order valence-electron chi connectivity index (χ2n) is 6.22. The first-order valence-corrected chi connectivity index (χ1v) is 8.26. The van der Waals surface area contributed by atoms with E-state index in [9.17, 15) is 24.4 Å². The summed E-state index contributed by atoms with van der Waals surface area (Å²) in [6.45, 7) is 0.438. The molecule has 10 heteroatoms. The van der Waals surface area contributed by atoms with Crippen LogP contribution in [0, 0.1) is 27.8 Å². The Morgan fingerprint density at radius 1 is 1.38 bits per heavy atom. The zero-order valence-electron chi connectivity index (χ0n) is 15.4. The van der Waals surface area contributed by atoms with Crippen LogP contribution >= 0.6 is 0 Å². The van der Waals surface area contributed by atoms with Gasteiger partial charge in [0.05, 0.1) is 28.5 Å². The van der Waals surface area contributed by atoms with Crippen molar-refractivity contribution in [3.63, 3.8) is 0 Å². The van der Waals surface area contributed by atoms with Gasteiger partial charge in [-0.25, -0.2) is 18.7 Å². The molecule has 0 atom stereocenters. The van der Waals surface area contributed by atoms with Gasteiger partial charge in [0.2, 0.25) is 0 Å². The summed E-state index contributed by atoms with van der Waals surface area (Å²) < 4.78 is 20.7. The molecule has 1 aromatic carbocycles. The SMILES string of the molecule is CN(C)CC#Cc1cn(C(=O)O)c2nccc(Oc3ccc([N+](=O)[O-])cc3F)c12. The zero-order chi connectivity index (χ0) is 21.1. The summed E-state index contributed by atoms with van der Waals surface area (Å²) in [6, 6.07) is 4.42. The first kappa shape index (κ1) is 19.8. The predicted molar refractivity (Wildman–Crippen MR) is 102 cm³/mol. The number of hydrogen-bond acceptors (Lipinski definition) is 6. The number of fused-ring (bicyclic) bond motifs is 1. The lowest BCUT2D eigenvalue weighted by Crippen LogP contribution is -2.10. The minimum atomic E-state index is -1.26. The highest BCUT2D eigenvalue weighted by Gasteiger charge is 2.19. The van der Waals surface area contributed by atoms with Crippen LogP contribution in [0.4, 0.5) is 14.9 Å². The molecule has 0 aliphatic rings. The van der Waals surface area contributed by atoms with Crippen LogP contribution in [0.3, 0.4) is 0 Å². The summed E-state index contributed by atoms with van der Waals surface area (Å²) in [5.74, 6) is 4.73. The minimum Gasteiger partial charge on any atom is -0.464 e. The molecule has 0 saturated heterocycles. The largest absolute Gasteiger partial charge is 0.464 e. The Morgan fingerprint density at radius 3 is 2.76 bits per heavy atom. The van der Waals surface area contributed by atoms with E-state index in [1.807, 2.05) is 19.0 Å². The van der Waals surface area contributed by atoms with Gasteiger partial charge in [0.25, 0.3) is 5.69 Å². The number of nitro groups is 1. The molecule has 2 aromatic heterocycles. The van der Waals surface area contributed by atoms with Crippen LogP contribution in [0.15, 0.2) is 36.7 Å². The normalized spacial score (nSPS) is 10.6. The van der Waals surface area contributed by atoms with E-state index >= 15 is 0 Å². The van der Waals surface area contributed by atoms with E-state index in [1.54, 1.807) is 0 Å². The Kier molecular flexibility index (Phi) is 5.43. The van der Waals surface area contributed by atoms with Crippen LogP contribution in [0.5, 0.6) is 11.5 Å². The Bertz CT molecular complexity index is 1180. The molecular weight excluding hydrogens is 383 g/mol. The number of carbonyl (C=O) groups is 1. The third-order valence-corrected chi connectivity index (χ3v) is 3.82. The second kappa shape index (κ2) is 7.95. The van der Waals surface area contributed by atoms with E-state index in [2.05, 4.69) is 16.8 Å². The summed E-state index contributed by atoms with van der Waals surface area (Å²) in [6.07, 6.45) is 1.36. The average molecular weight is 398 g/mol. The highest BCUT2D eigenvalue weighted by molar-refractivity contribution is 5.95. The van der Waals surface area contributed by atoms with E-state index in [0.717, 1.165) is 22.8 Å². The number of rotatable bonds is 4. The lowest BCUT2D eigenvalue weighted by atomic mass is 10.2. The summed E-state index contributed by atoms with van der Waals surface area (Å²) in [5.41, 5.74) is 0.00291. The molecule has 9 nitrogen and oxygen atoms in total. The fraction of sp³-hybridized carbons (Fsp3) is 0.158. The Labute approximate surface area is 164 Å². The maximum absolute atomic E-state index is 14.2. The lowest BCUT2D eigenvalue weighted by Gasteiger charge is -2.08. The lowest BCUT2D eigenvalue weighted by molar-refractivity contribution is -0.385. The van der Waals surface area contributed by atoms with E-state index < -0.39 is 22.5 Å². The quantitative estimate of drug-likeness (QED) is 0.408. The van der Waals surface area contributed by atoms with Gasteiger partial charge in [-0.1, -0.05) is 11.8 Å². The number of nitrogens with zero attached hydrogens (tertiary/aromatic N) is 4. The van der Waals surface area contributed by atoms with Crippen molar-refractivity contribution < 1.29 is 24.0 Å². The fourth-order valence-corrected chi connectivity index (χ4v) is 2.55. The van der Waals surface area contributed by atoms with Crippen LogP contribution in [0.25, 0.3) is 11.0 Å². The van der Waals surface area contributed by atoms with Crippen molar-refractivity contribution in [2.45, 2.75) is 0 Å². The Morgan fingerprint density at radius 2 is 2.14 bits per heavy atom. The Hall–Kier alpha value is -3.97. The number of ether oxygens (including phenoxy) is 1. The minimum absolute atomic E-state index is 0.0754. The van der Waals surface area contributed by atoms with E-state index in [-0.39, 0.29) is 17.1 Å². The molecule has 0 unspecified atom stereocenters. The van der Waals surface area contributed by atoms with Crippen molar-refractivity contribution in [1.82, 2.24) is 14.5 Å². The molecule has 0 spiro atoms. The molecule has 3 aromatic rings. The maximum atomic E-state index is 14.2. The molecule has 0 aliphatic carbocycles. The van der Waals surface area contributed by atoms with Gasteiger partial charge in [0, 0.05) is 18.5 Å². The second-order valence-corrected chi connectivity index (χ2v) is 6.22. The summed E-state index contributed by atoms with van der Waals surface area (Å²) in [7, 11) is 3.67. The van der Waals surface area contributed by atoms with Gasteiger partial charge in [-0.15, -0.1) is 0 Å². The standard InChI is InChI=1S/C19H15FN4O5/c1-22(2)9-3-4-12-11-23(19(25)26)18-17(12)16(7-8-21-18)29-15-6-5-13(24(27)28)10-14(15)20/h5-8,10-11H,9H2,1-2H3,(H,25,26). The molecular formula is C19H15FN4O5. The fourth-order valence-electron chi connectivity index (χ4n) is 2.55. The average Bonchev–Trinajstić information content (AvgIpc) is 3.03. The smallest absolute Gasteiger partial charge is 0.417 e. The zero-order valence-corrected chi connectivity index (χ0v) is 15.4. The van der Waals surface area contributed by atoms with Crippen LogP contribution in [-0.4, -0.2) is 51.2 Å². The van der Waals surface area contributed by atoms with Gasteiger partial charge < -0.3 is 9.84 Å². The number of nitro benzene ring substituents is 1. The van der Waals surface area contributed by atoms with Crippen molar-refractivity contribution in [3.8, 4) is 23.3 Å². The highest BCUT2D eigenvalue weighted by atomic mass is 19.1. The number of aromatic nitrogens is 2. The van der Waals surface area contributed by atoms with Gasteiger partial charge in [-0.3, -0.25) is 15.0 Å². The Balaban J connectivity index is 2.11. The van der Waals surface area contributed by atoms with Crippen molar-refractivity contribution in [3.05, 3.63) is 58.2 Å². The monoisotopic (exact) mass is 398 g/mol. The molecule has 0 radical (unpaired) electrons. The number of hydrogen-bond donors (Lipinski definition) is 1. The first-order valence-electron chi connectivity index (χ1n) is 8.26. The molecule has 3 rings (SSSR count). The van der Waals surface area contributed by atoms with Crippen LogP contribution in [-0.2, 0) is 0 Å². The van der Waals surface area contributed by atoms with Gasteiger partial charge in [0.15, 0.2) is 17.2 Å². The first-order chi connectivity index (χ1) is 13.8. The molecule has 0 bridgehead atoms. The van der Waals surface area contributed by atoms with E-state index in [0.29, 0.717) is 17.5 Å². The topological polar surface area (TPSA) is 111 Å². The van der Waals surface area contributed by atoms with Gasteiger partial charge >= 0.3 is 6.09 Å². The molecule has 0 fully saturated rings. The summed E-state index contributed by atoms with van der Waals surface area (Å²) in [4.78, 5) is 27.5. The van der Waals surface area contributed by atoms with Crippen LogP contribution < -0.4 is 4.74 Å². The highest BCUT2D eigenvalue weighted by Crippen LogP contribution is 2.34. The number of halogens is 1. The van der Waals surface area contributed by atoms with Crippen molar-refractivity contribution in [2.24, 2.45) is 0 Å². The number of pyridine rings is 1. The van der Waals surface area contributed by atoms with Crippen molar-refractivity contribution >= 4 is 22.8 Å². The third-order valence-electron chi connectivity index (χ3n) is 3.82. The van der Waals surface area contributed by atoms with Gasteiger partial charge in [0.1, 0.15) is 5.75 Å². The molecule has 0 aliphatic heterocycles. The van der Waals surface area contributed by atoms with Gasteiger partial charge in [-0.2, -0.15) is 0 Å². The number of benzene rings is 1. The summed E-state index contributed by atoms with van der Waals surface area (Å²) in [5, 5.41) is 20.5. The van der Waals surface area contributed by atoms with Crippen molar-refractivity contribution in [2.75, 3.05) is 20.6 Å². The number of non-ortho nitro benzene ring substituents is 1. The number of carboxylic acid groups (broad SMARTS) is 1. The maximum Gasteiger partial charge on any atom is 0.417 e.